The fraction of sp³-hybridized carbons (Fsp3) is 0.455. The number of nitrogens with zero attached hydrogens (tertiary/aromatic N) is 1. The van der Waals surface area contributed by atoms with Crippen molar-refractivity contribution >= 4 is 17.4 Å². The molecule has 1 N–H and O–H groups in total. The van der Waals surface area contributed by atoms with Gasteiger partial charge in [0, 0.05) is 18.0 Å². The first-order valence-corrected chi connectivity index (χ1v) is 5.84. The summed E-state index contributed by atoms with van der Waals surface area (Å²) >= 11 is 1.89. The Morgan fingerprint density at radius 2 is 2.21 bits per heavy atom. The summed E-state index contributed by atoms with van der Waals surface area (Å²) in [6.07, 6.45) is 0.846. The van der Waals surface area contributed by atoms with Crippen molar-refractivity contribution in [1.82, 2.24) is 0 Å². The van der Waals surface area contributed by atoms with E-state index in [1.807, 2.05) is 11.8 Å². The quantitative estimate of drug-likeness (QED) is 0.826. The molecule has 0 aliphatic carbocycles. The predicted octanol–water partition coefficient (Wildman–Crippen LogP) is 2.33. The van der Waals surface area contributed by atoms with E-state index in [9.17, 15) is 0 Å². The molecule has 14 heavy (non-hydrogen) atoms. The van der Waals surface area contributed by atoms with Crippen molar-refractivity contribution in [1.29, 1.82) is 0 Å². The predicted molar refractivity (Wildman–Crippen MR) is 60.8 cm³/mol. The van der Waals surface area contributed by atoms with Crippen LogP contribution in [0.5, 0.6) is 0 Å². The third kappa shape index (κ3) is 1.74. The molecule has 1 unspecified atom stereocenters. The molecule has 1 aliphatic heterocycles. The highest BCUT2D eigenvalue weighted by Crippen LogP contribution is 2.42. The van der Waals surface area contributed by atoms with Crippen LogP contribution in [0.3, 0.4) is 0 Å². The number of aliphatic hydroxyl groups excluding tert-OH is 1. The first kappa shape index (κ1) is 9.87. The van der Waals surface area contributed by atoms with Crippen LogP contribution in [0.4, 0.5) is 5.69 Å². The molecule has 1 aromatic carbocycles. The molecule has 0 radical (unpaired) electrons. The van der Waals surface area contributed by atoms with Gasteiger partial charge in [0.1, 0.15) is 0 Å². The number of aliphatic hydroxyl groups is 1. The largest absolute Gasteiger partial charge is 0.396 e. The molecule has 0 bridgehead atoms. The molecule has 0 saturated heterocycles. The van der Waals surface area contributed by atoms with Gasteiger partial charge in [0.2, 0.25) is 0 Å². The molecule has 0 fully saturated rings. The Hall–Kier alpha value is -0.670. The molecule has 3 heteroatoms. The smallest absolute Gasteiger partial charge is 0.0770 e. The zero-order valence-electron chi connectivity index (χ0n) is 8.31. The number of fused-ring (bicyclic) bond motifs is 1. The van der Waals surface area contributed by atoms with Gasteiger partial charge in [-0.25, -0.2) is 0 Å². The summed E-state index contributed by atoms with van der Waals surface area (Å²) in [6, 6.07) is 8.47. The Balaban J connectivity index is 2.17. The Morgan fingerprint density at radius 1 is 1.43 bits per heavy atom. The molecular weight excluding hydrogens is 194 g/mol. The minimum absolute atomic E-state index is 0.274. The van der Waals surface area contributed by atoms with Crippen LogP contribution in [-0.4, -0.2) is 23.6 Å². The molecule has 2 nitrogen and oxygen atoms in total. The molecule has 1 heterocycles. The van der Waals surface area contributed by atoms with Crippen LogP contribution in [0, 0.1) is 0 Å². The van der Waals surface area contributed by atoms with Gasteiger partial charge in [-0.15, -0.1) is 0 Å². The number of anilines is 1. The Morgan fingerprint density at radius 3 is 3.00 bits per heavy atom. The second-order valence-corrected chi connectivity index (χ2v) is 4.81. The lowest BCUT2D eigenvalue weighted by Gasteiger charge is -2.23. The molecule has 0 spiro atoms. The van der Waals surface area contributed by atoms with Gasteiger partial charge in [0.15, 0.2) is 0 Å². The lowest BCUT2D eigenvalue weighted by molar-refractivity contribution is 0.289. The number of hydrogen-bond donors (Lipinski definition) is 1. The molecular formula is C11H15NOS. The number of rotatable bonds is 3. The average Bonchev–Trinajstić information content (AvgIpc) is 2.51. The van der Waals surface area contributed by atoms with Crippen LogP contribution in [-0.2, 0) is 0 Å². The second kappa shape index (κ2) is 4.24. The van der Waals surface area contributed by atoms with Crippen molar-refractivity contribution in [2.75, 3.05) is 18.1 Å². The zero-order valence-corrected chi connectivity index (χ0v) is 9.13. The van der Waals surface area contributed by atoms with E-state index in [0.29, 0.717) is 5.37 Å². The average molecular weight is 209 g/mol. The Bertz CT molecular complexity index is 316. The molecule has 0 saturated carbocycles. The van der Waals surface area contributed by atoms with Crippen molar-refractivity contribution in [3.63, 3.8) is 0 Å². The maximum Gasteiger partial charge on any atom is 0.0770 e. The molecule has 1 atom stereocenters. The van der Waals surface area contributed by atoms with Crippen LogP contribution in [0.1, 0.15) is 13.3 Å². The zero-order chi connectivity index (χ0) is 9.97. The molecule has 1 aliphatic rings. The SMILES string of the molecule is CC1Sc2ccccc2N1CCCO. The molecule has 0 amide bonds. The van der Waals surface area contributed by atoms with E-state index < -0.39 is 0 Å². The third-order valence-corrected chi connectivity index (χ3v) is 3.66. The standard InChI is InChI=1S/C11H15NOS/c1-9-12(7-4-8-13)10-5-2-3-6-11(10)14-9/h2-3,5-6,9,13H,4,7-8H2,1H3. The summed E-state index contributed by atoms with van der Waals surface area (Å²) in [5.41, 5.74) is 1.32. The summed E-state index contributed by atoms with van der Waals surface area (Å²) in [5, 5.41) is 9.33. The van der Waals surface area contributed by atoms with Gasteiger partial charge in [-0.1, -0.05) is 23.9 Å². The number of thioether (sulfide) groups is 1. The van der Waals surface area contributed by atoms with Gasteiger partial charge in [-0.2, -0.15) is 0 Å². The lowest BCUT2D eigenvalue weighted by atomic mass is 10.2. The topological polar surface area (TPSA) is 23.5 Å². The minimum Gasteiger partial charge on any atom is -0.396 e. The van der Waals surface area contributed by atoms with Crippen molar-refractivity contribution in [2.24, 2.45) is 0 Å². The van der Waals surface area contributed by atoms with Gasteiger partial charge in [-0.3, -0.25) is 0 Å². The van der Waals surface area contributed by atoms with Gasteiger partial charge in [0.25, 0.3) is 0 Å². The maximum atomic E-state index is 8.83. The molecule has 1 aromatic rings. The van der Waals surface area contributed by atoms with E-state index in [1.54, 1.807) is 0 Å². The summed E-state index contributed by atoms with van der Waals surface area (Å²) < 4.78 is 0. The van der Waals surface area contributed by atoms with E-state index in [4.69, 9.17) is 5.11 Å². The number of hydrogen-bond acceptors (Lipinski definition) is 3. The van der Waals surface area contributed by atoms with E-state index >= 15 is 0 Å². The van der Waals surface area contributed by atoms with Crippen LogP contribution in [0.2, 0.25) is 0 Å². The number of benzene rings is 1. The molecule has 2 rings (SSSR count). The van der Waals surface area contributed by atoms with Gasteiger partial charge >= 0.3 is 0 Å². The molecule has 0 aromatic heterocycles. The monoisotopic (exact) mass is 209 g/mol. The fourth-order valence-electron chi connectivity index (χ4n) is 1.78. The third-order valence-electron chi connectivity index (χ3n) is 2.47. The first-order valence-electron chi connectivity index (χ1n) is 4.96. The van der Waals surface area contributed by atoms with E-state index in [0.717, 1.165) is 13.0 Å². The van der Waals surface area contributed by atoms with Gasteiger partial charge in [-0.05, 0) is 25.5 Å². The van der Waals surface area contributed by atoms with Gasteiger partial charge in [0.05, 0.1) is 11.1 Å². The summed E-state index contributed by atoms with van der Waals surface area (Å²) in [5.74, 6) is 0. The number of para-hydroxylation sites is 1. The van der Waals surface area contributed by atoms with E-state index in [1.165, 1.54) is 10.6 Å². The van der Waals surface area contributed by atoms with E-state index in [-0.39, 0.29) is 6.61 Å². The van der Waals surface area contributed by atoms with Crippen molar-refractivity contribution < 1.29 is 5.11 Å². The molecule has 76 valence electrons. The van der Waals surface area contributed by atoms with Crippen molar-refractivity contribution in [3.8, 4) is 0 Å². The van der Waals surface area contributed by atoms with Crippen molar-refractivity contribution in [2.45, 2.75) is 23.6 Å². The Labute approximate surface area is 88.9 Å². The summed E-state index contributed by atoms with van der Waals surface area (Å²) in [6.45, 7) is 3.43. The summed E-state index contributed by atoms with van der Waals surface area (Å²) in [4.78, 5) is 3.72. The first-order chi connectivity index (χ1) is 6.83. The van der Waals surface area contributed by atoms with Crippen LogP contribution in [0.25, 0.3) is 0 Å². The van der Waals surface area contributed by atoms with Gasteiger partial charge < -0.3 is 10.0 Å². The lowest BCUT2D eigenvalue weighted by Crippen LogP contribution is -2.28. The normalized spacial score (nSPS) is 19.9. The highest BCUT2D eigenvalue weighted by molar-refractivity contribution is 8.00. The van der Waals surface area contributed by atoms with Crippen LogP contribution in [0.15, 0.2) is 29.2 Å². The summed E-state index contributed by atoms with van der Waals surface area (Å²) in [7, 11) is 0. The maximum absolute atomic E-state index is 8.83. The Kier molecular flexibility index (Phi) is 2.99. The second-order valence-electron chi connectivity index (χ2n) is 3.46. The fourth-order valence-corrected chi connectivity index (χ4v) is 2.96. The van der Waals surface area contributed by atoms with Crippen molar-refractivity contribution in [3.05, 3.63) is 24.3 Å². The highest BCUT2D eigenvalue weighted by Gasteiger charge is 2.25. The van der Waals surface area contributed by atoms with E-state index in [2.05, 4.69) is 36.1 Å². The van der Waals surface area contributed by atoms with Crippen LogP contribution >= 0.6 is 11.8 Å². The minimum atomic E-state index is 0.274. The highest BCUT2D eigenvalue weighted by atomic mass is 32.2. The van der Waals surface area contributed by atoms with Crippen LogP contribution < -0.4 is 4.90 Å².